The number of guanidine groups is 1. The highest BCUT2D eigenvalue weighted by atomic mass is 19.1. The Balaban J connectivity index is 1.88. The number of piperazine rings is 1. The summed E-state index contributed by atoms with van der Waals surface area (Å²) in [6.07, 6.45) is 0.403. The van der Waals surface area contributed by atoms with Crippen LogP contribution in [0.2, 0.25) is 0 Å². The lowest BCUT2D eigenvalue weighted by Gasteiger charge is -2.36. The van der Waals surface area contributed by atoms with Crippen LogP contribution < -0.4 is 10.6 Å². The van der Waals surface area contributed by atoms with E-state index in [9.17, 15) is 8.78 Å². The Labute approximate surface area is 149 Å². The van der Waals surface area contributed by atoms with E-state index >= 15 is 0 Å². The third kappa shape index (κ3) is 6.25. The number of halogens is 2. The molecule has 0 aromatic heterocycles. The van der Waals surface area contributed by atoms with E-state index in [1.807, 2.05) is 6.92 Å². The minimum absolute atomic E-state index is 0.372. The first-order valence-electron chi connectivity index (χ1n) is 8.84. The zero-order valence-corrected chi connectivity index (χ0v) is 15.4. The van der Waals surface area contributed by atoms with Crippen LogP contribution in [-0.2, 0) is 6.42 Å². The van der Waals surface area contributed by atoms with E-state index in [-0.39, 0.29) is 5.82 Å². The smallest absolute Gasteiger partial charge is 0.191 e. The summed E-state index contributed by atoms with van der Waals surface area (Å²) in [6.45, 7) is 7.06. The van der Waals surface area contributed by atoms with Crippen molar-refractivity contribution >= 4 is 5.96 Å². The molecule has 25 heavy (non-hydrogen) atoms. The van der Waals surface area contributed by atoms with Crippen molar-refractivity contribution in [2.24, 2.45) is 4.99 Å². The first kappa shape index (κ1) is 19.6. The normalized spacial score (nSPS) is 19.9. The van der Waals surface area contributed by atoms with Gasteiger partial charge < -0.3 is 15.5 Å². The van der Waals surface area contributed by atoms with Gasteiger partial charge in [0.25, 0.3) is 0 Å². The molecule has 1 aromatic rings. The third-order valence-corrected chi connectivity index (χ3v) is 4.48. The first-order valence-corrected chi connectivity index (χ1v) is 8.84. The highest BCUT2D eigenvalue weighted by Crippen LogP contribution is 2.10. The number of nitrogens with zero attached hydrogens (tertiary/aromatic N) is 3. The Morgan fingerprint density at radius 2 is 2.04 bits per heavy atom. The van der Waals surface area contributed by atoms with Crippen LogP contribution in [-0.4, -0.2) is 75.2 Å². The van der Waals surface area contributed by atoms with Crippen molar-refractivity contribution in [2.75, 3.05) is 53.4 Å². The van der Waals surface area contributed by atoms with Crippen LogP contribution in [0.3, 0.4) is 0 Å². The van der Waals surface area contributed by atoms with Gasteiger partial charge in [-0.05, 0) is 51.2 Å². The summed E-state index contributed by atoms with van der Waals surface area (Å²) in [6, 6.07) is 3.93. The monoisotopic (exact) mass is 353 g/mol. The molecule has 0 amide bonds. The summed E-state index contributed by atoms with van der Waals surface area (Å²) < 4.78 is 26.9. The molecule has 1 saturated heterocycles. The maximum atomic E-state index is 13.7. The number of hydrogen-bond donors (Lipinski definition) is 2. The Hall–Kier alpha value is -1.73. The molecule has 1 heterocycles. The minimum Gasteiger partial charge on any atom is -0.357 e. The SMILES string of the molecule is CCNC(=NCC1CN(C)CCN1C)NCCc1cc(F)ccc1F. The largest absolute Gasteiger partial charge is 0.357 e. The maximum absolute atomic E-state index is 13.7. The minimum atomic E-state index is -0.415. The highest BCUT2D eigenvalue weighted by Gasteiger charge is 2.21. The molecule has 5 nitrogen and oxygen atoms in total. The maximum Gasteiger partial charge on any atom is 0.191 e. The lowest BCUT2D eigenvalue weighted by Crippen LogP contribution is -2.51. The number of nitrogens with one attached hydrogen (secondary N) is 2. The van der Waals surface area contributed by atoms with Crippen molar-refractivity contribution in [2.45, 2.75) is 19.4 Å². The second kappa shape index (κ2) is 9.68. The number of hydrogen-bond acceptors (Lipinski definition) is 3. The molecule has 1 atom stereocenters. The predicted octanol–water partition coefficient (Wildman–Crippen LogP) is 1.31. The summed E-state index contributed by atoms with van der Waals surface area (Å²) in [5, 5.41) is 6.40. The summed E-state index contributed by atoms with van der Waals surface area (Å²) in [5.74, 6) is -0.0839. The quantitative estimate of drug-likeness (QED) is 0.598. The second-order valence-electron chi connectivity index (χ2n) is 6.53. The van der Waals surface area contributed by atoms with Crippen molar-refractivity contribution in [3.63, 3.8) is 0 Å². The number of benzene rings is 1. The van der Waals surface area contributed by atoms with Gasteiger partial charge in [0.15, 0.2) is 5.96 Å². The highest BCUT2D eigenvalue weighted by molar-refractivity contribution is 5.79. The van der Waals surface area contributed by atoms with E-state index in [1.54, 1.807) is 0 Å². The van der Waals surface area contributed by atoms with Crippen LogP contribution in [0.15, 0.2) is 23.2 Å². The van der Waals surface area contributed by atoms with E-state index in [0.29, 0.717) is 37.1 Å². The van der Waals surface area contributed by atoms with Crippen molar-refractivity contribution in [1.29, 1.82) is 0 Å². The van der Waals surface area contributed by atoms with Crippen molar-refractivity contribution in [1.82, 2.24) is 20.4 Å². The molecule has 7 heteroatoms. The van der Waals surface area contributed by atoms with Gasteiger partial charge in [-0.2, -0.15) is 0 Å². The van der Waals surface area contributed by atoms with Gasteiger partial charge in [0.05, 0.1) is 6.54 Å². The van der Waals surface area contributed by atoms with E-state index in [0.717, 1.165) is 32.2 Å². The van der Waals surface area contributed by atoms with Crippen molar-refractivity contribution < 1.29 is 8.78 Å². The van der Waals surface area contributed by atoms with Crippen LogP contribution in [0.4, 0.5) is 8.78 Å². The number of aliphatic imine (C=N–C) groups is 1. The predicted molar refractivity (Wildman–Crippen MR) is 98.0 cm³/mol. The Bertz CT molecular complexity index is 579. The van der Waals surface area contributed by atoms with Gasteiger partial charge in [0.1, 0.15) is 11.6 Å². The van der Waals surface area contributed by atoms with E-state index in [1.165, 1.54) is 12.1 Å². The summed E-state index contributed by atoms with van der Waals surface area (Å²) >= 11 is 0. The zero-order chi connectivity index (χ0) is 18.2. The first-order chi connectivity index (χ1) is 12.0. The fourth-order valence-corrected chi connectivity index (χ4v) is 2.89. The second-order valence-corrected chi connectivity index (χ2v) is 6.53. The molecule has 1 aliphatic heterocycles. The summed E-state index contributed by atoms with van der Waals surface area (Å²) in [4.78, 5) is 9.29. The average Bonchev–Trinajstić information content (AvgIpc) is 2.58. The van der Waals surface area contributed by atoms with Crippen molar-refractivity contribution in [3.8, 4) is 0 Å². The Morgan fingerprint density at radius 1 is 1.24 bits per heavy atom. The van der Waals surface area contributed by atoms with Crippen LogP contribution in [0.1, 0.15) is 12.5 Å². The zero-order valence-electron chi connectivity index (χ0n) is 15.4. The third-order valence-electron chi connectivity index (χ3n) is 4.48. The van der Waals surface area contributed by atoms with Gasteiger partial charge in [0, 0.05) is 38.8 Å². The Morgan fingerprint density at radius 3 is 2.80 bits per heavy atom. The molecule has 0 radical (unpaired) electrons. The molecule has 2 rings (SSSR count). The van der Waals surface area contributed by atoms with E-state index < -0.39 is 5.82 Å². The molecule has 0 spiro atoms. The fourth-order valence-electron chi connectivity index (χ4n) is 2.89. The molecular formula is C18H29F2N5. The fraction of sp³-hybridized carbons (Fsp3) is 0.611. The van der Waals surface area contributed by atoms with Gasteiger partial charge >= 0.3 is 0 Å². The van der Waals surface area contributed by atoms with E-state index in [2.05, 4.69) is 39.5 Å². The molecule has 1 unspecified atom stereocenters. The standard InChI is InChI=1S/C18H29F2N5/c1-4-21-18(23-12-16-13-24(2)9-10-25(16)3)22-8-7-14-11-15(19)5-6-17(14)20/h5-6,11,16H,4,7-10,12-13H2,1-3H3,(H2,21,22,23). The van der Waals surface area contributed by atoms with Crippen molar-refractivity contribution in [3.05, 3.63) is 35.4 Å². The molecular weight excluding hydrogens is 324 g/mol. The van der Waals surface area contributed by atoms with Gasteiger partial charge in [0.2, 0.25) is 0 Å². The van der Waals surface area contributed by atoms with Crippen LogP contribution in [0, 0.1) is 11.6 Å². The molecule has 1 aliphatic rings. The van der Waals surface area contributed by atoms with Gasteiger partial charge in [-0.1, -0.05) is 0 Å². The summed E-state index contributed by atoms with van der Waals surface area (Å²) in [7, 11) is 4.25. The summed E-state index contributed by atoms with van der Waals surface area (Å²) in [5.41, 5.74) is 0.372. The van der Waals surface area contributed by atoms with Gasteiger partial charge in [-0.25, -0.2) is 8.78 Å². The number of likely N-dealkylation sites (N-methyl/N-ethyl adjacent to an activating group) is 2. The van der Waals surface area contributed by atoms with Crippen LogP contribution >= 0.6 is 0 Å². The average molecular weight is 353 g/mol. The lowest BCUT2D eigenvalue weighted by atomic mass is 10.1. The van der Waals surface area contributed by atoms with Gasteiger partial charge in [-0.3, -0.25) is 9.89 Å². The van der Waals surface area contributed by atoms with Crippen LogP contribution in [0.25, 0.3) is 0 Å². The topological polar surface area (TPSA) is 42.9 Å². The molecule has 0 bridgehead atoms. The molecule has 140 valence electrons. The molecule has 1 fully saturated rings. The Kier molecular flexibility index (Phi) is 7.58. The van der Waals surface area contributed by atoms with E-state index in [4.69, 9.17) is 0 Å². The molecule has 1 aromatic carbocycles. The van der Waals surface area contributed by atoms with Gasteiger partial charge in [-0.15, -0.1) is 0 Å². The molecule has 0 aliphatic carbocycles. The number of rotatable bonds is 6. The molecule has 0 saturated carbocycles. The van der Waals surface area contributed by atoms with Crippen LogP contribution in [0.5, 0.6) is 0 Å². The lowest BCUT2D eigenvalue weighted by molar-refractivity contribution is 0.119. The molecule has 2 N–H and O–H groups in total.